The molecule has 1 aliphatic heterocycles. The van der Waals surface area contributed by atoms with E-state index in [0.717, 1.165) is 46.6 Å². The molecule has 4 rings (SSSR count). The maximum absolute atomic E-state index is 7.76. The van der Waals surface area contributed by atoms with E-state index < -0.39 is 0 Å². The molecule has 1 N–H and O–H groups in total. The largest absolute Gasteiger partial charge is 0.441 e. The molecule has 3 heterocycles. The number of oxazole rings is 1. The number of nitrogens with one attached hydrogen (secondary N) is 1. The standard InChI is InChI=1S/C18H17N5O/c1-4-6-13-17(19-3)15(12-9-20-23-18(12)22-13)11-7-5-8-14-16(11)21-10(2)24-14/h5,7-9,15,17H,4,6H2,1-2H3,(H,20,23). The van der Waals surface area contributed by atoms with Gasteiger partial charge in [-0.1, -0.05) is 25.5 Å². The molecule has 0 bridgehead atoms. The number of hydrogen-bond donors (Lipinski definition) is 1. The van der Waals surface area contributed by atoms with Crippen LogP contribution in [0.2, 0.25) is 0 Å². The molecule has 0 saturated carbocycles. The van der Waals surface area contributed by atoms with Gasteiger partial charge in [0.05, 0.1) is 12.1 Å². The van der Waals surface area contributed by atoms with Gasteiger partial charge in [0, 0.05) is 12.5 Å². The zero-order chi connectivity index (χ0) is 16.7. The van der Waals surface area contributed by atoms with Crippen molar-refractivity contribution in [3.63, 3.8) is 0 Å². The van der Waals surface area contributed by atoms with Crippen LogP contribution in [0.1, 0.15) is 42.7 Å². The average Bonchev–Trinajstić information content (AvgIpc) is 3.18. The van der Waals surface area contributed by atoms with Crippen LogP contribution in [0.15, 0.2) is 33.8 Å². The van der Waals surface area contributed by atoms with Gasteiger partial charge in [-0.3, -0.25) is 5.10 Å². The van der Waals surface area contributed by atoms with Gasteiger partial charge in [0.25, 0.3) is 6.04 Å². The molecule has 2 atom stereocenters. The van der Waals surface area contributed by atoms with Gasteiger partial charge in [0.15, 0.2) is 17.3 Å². The second-order valence-corrected chi connectivity index (χ2v) is 6.01. The number of nitrogens with zero attached hydrogens (tertiary/aromatic N) is 4. The van der Waals surface area contributed by atoms with Crippen LogP contribution in [0.3, 0.4) is 0 Å². The molecule has 6 nitrogen and oxygen atoms in total. The van der Waals surface area contributed by atoms with Gasteiger partial charge in [-0.25, -0.2) is 16.5 Å². The Labute approximate surface area is 139 Å². The second kappa shape index (κ2) is 5.60. The third-order valence-corrected chi connectivity index (χ3v) is 4.43. The van der Waals surface area contributed by atoms with Crippen molar-refractivity contribution < 1.29 is 4.42 Å². The number of H-pyrrole nitrogens is 1. The van der Waals surface area contributed by atoms with Gasteiger partial charge < -0.3 is 9.26 Å². The fourth-order valence-corrected chi connectivity index (χ4v) is 3.46. The fraction of sp³-hybridized carbons (Fsp3) is 0.333. The van der Waals surface area contributed by atoms with E-state index in [0.29, 0.717) is 5.89 Å². The first-order valence-electron chi connectivity index (χ1n) is 8.06. The summed E-state index contributed by atoms with van der Waals surface area (Å²) in [6.07, 6.45) is 3.53. The summed E-state index contributed by atoms with van der Waals surface area (Å²) >= 11 is 0. The summed E-state index contributed by atoms with van der Waals surface area (Å²) < 4.78 is 5.67. The quantitative estimate of drug-likeness (QED) is 0.737. The maximum atomic E-state index is 7.76. The molecule has 0 aliphatic carbocycles. The fourth-order valence-electron chi connectivity index (χ4n) is 3.46. The van der Waals surface area contributed by atoms with Gasteiger partial charge in [0.2, 0.25) is 0 Å². The number of aromatic amines is 1. The number of aliphatic imine (C=N–C) groups is 1. The van der Waals surface area contributed by atoms with E-state index in [1.54, 1.807) is 6.20 Å². The van der Waals surface area contributed by atoms with E-state index in [1.165, 1.54) is 0 Å². The topological polar surface area (TPSA) is 71.4 Å². The van der Waals surface area contributed by atoms with E-state index in [4.69, 9.17) is 11.0 Å². The molecule has 1 aliphatic rings. The van der Waals surface area contributed by atoms with Gasteiger partial charge in [0.1, 0.15) is 11.2 Å². The number of fused-ring (bicyclic) bond motifs is 2. The molecule has 3 aromatic rings. The van der Waals surface area contributed by atoms with E-state index >= 15 is 0 Å². The van der Waals surface area contributed by atoms with E-state index in [1.807, 2.05) is 25.1 Å². The normalized spacial score (nSPS) is 19.8. The highest BCUT2D eigenvalue weighted by Crippen LogP contribution is 2.42. The summed E-state index contributed by atoms with van der Waals surface area (Å²) in [7, 11) is 0. The zero-order valence-electron chi connectivity index (χ0n) is 13.6. The van der Waals surface area contributed by atoms with Crippen LogP contribution in [0.5, 0.6) is 0 Å². The van der Waals surface area contributed by atoms with Crippen LogP contribution in [-0.4, -0.2) is 26.9 Å². The first-order chi connectivity index (χ1) is 11.7. The predicted octanol–water partition coefficient (Wildman–Crippen LogP) is 4.17. The molecule has 2 aromatic heterocycles. The monoisotopic (exact) mass is 319 g/mol. The molecule has 6 heteroatoms. The van der Waals surface area contributed by atoms with Crippen molar-refractivity contribution in [2.45, 2.75) is 38.6 Å². The molecule has 24 heavy (non-hydrogen) atoms. The molecule has 120 valence electrons. The second-order valence-electron chi connectivity index (χ2n) is 6.01. The number of hydrogen-bond acceptors (Lipinski definition) is 4. The first kappa shape index (κ1) is 14.6. The minimum Gasteiger partial charge on any atom is -0.441 e. The summed E-state index contributed by atoms with van der Waals surface area (Å²) in [6.45, 7) is 11.7. The van der Waals surface area contributed by atoms with Crippen molar-refractivity contribution in [3.8, 4) is 0 Å². The lowest BCUT2D eigenvalue weighted by Gasteiger charge is -2.23. The van der Waals surface area contributed by atoms with Crippen molar-refractivity contribution in [3.05, 3.63) is 52.8 Å². The lowest BCUT2D eigenvalue weighted by molar-refractivity contribution is 0.561. The van der Waals surface area contributed by atoms with E-state index in [9.17, 15) is 0 Å². The Morgan fingerprint density at radius 3 is 3.00 bits per heavy atom. The molecule has 0 amide bonds. The summed E-state index contributed by atoms with van der Waals surface area (Å²) in [6, 6.07) is 5.55. The Kier molecular flexibility index (Phi) is 3.42. The average molecular weight is 319 g/mol. The van der Waals surface area contributed by atoms with Crippen molar-refractivity contribution in [2.24, 2.45) is 4.99 Å². The molecule has 0 fully saturated rings. The van der Waals surface area contributed by atoms with E-state index in [-0.39, 0.29) is 12.0 Å². The predicted molar refractivity (Wildman–Crippen MR) is 91.6 cm³/mol. The van der Waals surface area contributed by atoms with Crippen LogP contribution >= 0.6 is 0 Å². The van der Waals surface area contributed by atoms with Crippen molar-refractivity contribution in [2.75, 3.05) is 0 Å². The minimum atomic E-state index is -0.336. The highest BCUT2D eigenvalue weighted by molar-refractivity contribution is 5.97. The molecule has 0 radical (unpaired) electrons. The van der Waals surface area contributed by atoms with E-state index in [2.05, 4.69) is 31.9 Å². The third kappa shape index (κ3) is 2.13. The SMILES string of the molecule is [C-]#[N+]C1C(CCC)=Nc2[nH]ncc2C1c1cccc2oc(C)nc12. The molecule has 0 spiro atoms. The lowest BCUT2D eigenvalue weighted by atomic mass is 9.81. The third-order valence-electron chi connectivity index (χ3n) is 4.43. The number of rotatable bonds is 3. The van der Waals surface area contributed by atoms with Crippen LogP contribution < -0.4 is 0 Å². The van der Waals surface area contributed by atoms with Crippen LogP contribution in [0, 0.1) is 13.5 Å². The van der Waals surface area contributed by atoms with Gasteiger partial charge in [-0.2, -0.15) is 5.10 Å². The Hall–Kier alpha value is -2.94. The van der Waals surface area contributed by atoms with Gasteiger partial charge >= 0.3 is 0 Å². The van der Waals surface area contributed by atoms with Crippen molar-refractivity contribution >= 4 is 22.6 Å². The van der Waals surface area contributed by atoms with Gasteiger partial charge in [-0.15, -0.1) is 0 Å². The molecular formula is C18H17N5O. The van der Waals surface area contributed by atoms with Crippen LogP contribution in [0.4, 0.5) is 5.82 Å². The lowest BCUT2D eigenvalue weighted by Crippen LogP contribution is -2.29. The first-order valence-corrected chi connectivity index (χ1v) is 8.06. The number of aromatic nitrogens is 3. The summed E-state index contributed by atoms with van der Waals surface area (Å²) in [4.78, 5) is 13.1. The summed E-state index contributed by atoms with van der Waals surface area (Å²) in [5.74, 6) is 1.24. The highest BCUT2D eigenvalue weighted by atomic mass is 16.3. The molecule has 2 unspecified atom stereocenters. The Morgan fingerprint density at radius 2 is 2.21 bits per heavy atom. The van der Waals surface area contributed by atoms with Gasteiger partial charge in [-0.05, 0) is 18.1 Å². The smallest absolute Gasteiger partial charge is 0.272 e. The number of aryl methyl sites for hydroxylation is 1. The molecule has 1 aromatic carbocycles. The number of benzene rings is 1. The minimum absolute atomic E-state index is 0.136. The number of para-hydroxylation sites is 1. The molecule has 0 saturated heterocycles. The van der Waals surface area contributed by atoms with Crippen LogP contribution in [-0.2, 0) is 0 Å². The summed E-state index contributed by atoms with van der Waals surface area (Å²) in [5.41, 5.74) is 4.42. The van der Waals surface area contributed by atoms with Crippen molar-refractivity contribution in [1.29, 1.82) is 0 Å². The molecular weight excluding hydrogens is 302 g/mol. The Morgan fingerprint density at radius 1 is 1.33 bits per heavy atom. The van der Waals surface area contributed by atoms with Crippen molar-refractivity contribution in [1.82, 2.24) is 15.2 Å². The zero-order valence-corrected chi connectivity index (χ0v) is 13.6. The maximum Gasteiger partial charge on any atom is 0.272 e. The summed E-state index contributed by atoms with van der Waals surface area (Å²) in [5, 5.41) is 7.11. The Balaban J connectivity index is 1.95. The highest BCUT2D eigenvalue weighted by Gasteiger charge is 2.41. The van der Waals surface area contributed by atoms with Crippen LogP contribution in [0.25, 0.3) is 15.9 Å². The Bertz CT molecular complexity index is 975.